The lowest BCUT2D eigenvalue weighted by atomic mass is 10.0. The van der Waals surface area contributed by atoms with Crippen LogP contribution in [0.2, 0.25) is 0 Å². The van der Waals surface area contributed by atoms with Crippen molar-refractivity contribution in [3.8, 4) is 17.2 Å². The number of carbonyl (C=O) groups excluding carboxylic acids is 1. The van der Waals surface area contributed by atoms with Crippen molar-refractivity contribution in [3.63, 3.8) is 0 Å². The monoisotopic (exact) mass is 519 g/mol. The normalized spacial score (nSPS) is 11.3. The number of nitrogens with one attached hydrogen (secondary N) is 2. The molecular weight excluding hydrogens is 495 g/mol. The van der Waals surface area contributed by atoms with Crippen molar-refractivity contribution in [2.75, 3.05) is 5.73 Å². The van der Waals surface area contributed by atoms with E-state index >= 15 is 0 Å². The molecule has 2 heterocycles. The number of fused-ring (bicyclic) bond motifs is 1. The molecule has 38 heavy (non-hydrogen) atoms. The van der Waals surface area contributed by atoms with Crippen molar-refractivity contribution < 1.29 is 18.0 Å². The predicted octanol–water partition coefficient (Wildman–Crippen LogP) is 5.42. The third-order valence-electron chi connectivity index (χ3n) is 5.22. The van der Waals surface area contributed by atoms with Crippen LogP contribution >= 0.6 is 0 Å². The summed E-state index contributed by atoms with van der Waals surface area (Å²) in [6.45, 7) is 5.65. The quantitative estimate of drug-likeness (QED) is 0.188. The molecule has 4 N–H and O–H groups in total. The highest BCUT2D eigenvalue weighted by molar-refractivity contribution is 6.03. The van der Waals surface area contributed by atoms with E-state index in [1.807, 2.05) is 20.8 Å². The highest BCUT2D eigenvalue weighted by atomic mass is 19.4. The topological polar surface area (TPSA) is 145 Å². The molecule has 4 rings (SSSR count). The molecule has 0 bridgehead atoms. The van der Waals surface area contributed by atoms with Crippen LogP contribution in [0.1, 0.15) is 42.3 Å². The number of carbonyl (C=O) groups is 1. The molecule has 0 fully saturated rings. The fraction of sp³-hybridized carbons (Fsp3) is 0.185. The molecule has 11 heteroatoms. The molecule has 0 aliphatic rings. The van der Waals surface area contributed by atoms with Gasteiger partial charge in [0.1, 0.15) is 23.4 Å². The Hall–Kier alpha value is -4.85. The molecule has 0 atom stereocenters. The van der Waals surface area contributed by atoms with E-state index in [-0.39, 0.29) is 22.3 Å². The van der Waals surface area contributed by atoms with Crippen molar-refractivity contribution in [1.82, 2.24) is 14.5 Å². The summed E-state index contributed by atoms with van der Waals surface area (Å²) in [5.74, 6) is -0.670. The van der Waals surface area contributed by atoms with Gasteiger partial charge < -0.3 is 5.73 Å². The van der Waals surface area contributed by atoms with Gasteiger partial charge in [-0.15, -0.1) is 0 Å². The van der Waals surface area contributed by atoms with Crippen LogP contribution in [0.3, 0.4) is 0 Å². The van der Waals surface area contributed by atoms with Crippen LogP contribution in [-0.2, 0) is 6.18 Å². The predicted molar refractivity (Wildman–Crippen MR) is 137 cm³/mol. The molecule has 0 aliphatic heterocycles. The molecule has 0 aliphatic carbocycles. The minimum atomic E-state index is -4.66. The molecule has 0 unspecified atom stereocenters. The van der Waals surface area contributed by atoms with Crippen molar-refractivity contribution in [1.29, 1.82) is 16.1 Å². The zero-order valence-electron chi connectivity index (χ0n) is 20.8. The van der Waals surface area contributed by atoms with Crippen LogP contribution in [0.25, 0.3) is 22.2 Å². The van der Waals surface area contributed by atoms with Crippen LogP contribution in [0.15, 0.2) is 60.9 Å². The number of aromatic nitrogens is 3. The van der Waals surface area contributed by atoms with Crippen LogP contribution in [0.5, 0.6) is 0 Å². The first kappa shape index (κ1) is 27.7. The van der Waals surface area contributed by atoms with Gasteiger partial charge in [0.05, 0.1) is 28.9 Å². The van der Waals surface area contributed by atoms with Gasteiger partial charge in [0.2, 0.25) is 0 Å². The number of nitrogens with zero attached hydrogens (tertiary/aromatic N) is 4. The Bertz CT molecular complexity index is 1610. The Kier molecular flexibility index (Phi) is 7.76. The van der Waals surface area contributed by atoms with Crippen molar-refractivity contribution in [3.05, 3.63) is 83.1 Å². The van der Waals surface area contributed by atoms with Crippen molar-refractivity contribution in [2.24, 2.45) is 5.41 Å². The molecule has 0 spiro atoms. The van der Waals surface area contributed by atoms with Crippen LogP contribution in [-0.4, -0.2) is 26.7 Å². The van der Waals surface area contributed by atoms with Crippen LogP contribution in [0.4, 0.5) is 19.0 Å². The lowest BCUT2D eigenvalue weighted by Gasteiger charge is -2.14. The smallest absolute Gasteiger partial charge is 0.383 e. The molecule has 194 valence electrons. The third kappa shape index (κ3) is 6.28. The fourth-order valence-corrected chi connectivity index (χ4v) is 3.26. The SMILES string of the molecule is CC(C)(C)C#N.N=C(c1ccc(C=O)cc1)n1c(=N)cnc2ccc(-c3cnc(N)c(C(F)(F)F)c3)cc21. The number of nitrogens with two attached hydrogens (primary N) is 1. The minimum absolute atomic E-state index is 0.0524. The number of rotatable bonds is 3. The Morgan fingerprint density at radius 1 is 1.03 bits per heavy atom. The summed E-state index contributed by atoms with van der Waals surface area (Å²) in [7, 11) is 0. The number of nitrogen functional groups attached to an aromatic ring is 1. The van der Waals surface area contributed by atoms with E-state index in [4.69, 9.17) is 21.8 Å². The number of anilines is 1. The van der Waals surface area contributed by atoms with Crippen molar-refractivity contribution in [2.45, 2.75) is 26.9 Å². The summed E-state index contributed by atoms with van der Waals surface area (Å²) >= 11 is 0. The summed E-state index contributed by atoms with van der Waals surface area (Å²) in [5, 5.41) is 25.0. The second-order valence-corrected chi connectivity index (χ2v) is 9.29. The second kappa shape index (κ2) is 10.6. The molecule has 2 aromatic heterocycles. The number of hydrogen-bond acceptors (Lipinski definition) is 7. The summed E-state index contributed by atoms with van der Waals surface area (Å²) in [5.41, 5.74) is 6.35. The summed E-state index contributed by atoms with van der Waals surface area (Å²) < 4.78 is 41.1. The van der Waals surface area contributed by atoms with Gasteiger partial charge in [-0.1, -0.05) is 30.3 Å². The highest BCUT2D eigenvalue weighted by Gasteiger charge is 2.34. The Morgan fingerprint density at radius 2 is 1.66 bits per heavy atom. The number of alkyl halides is 3. The van der Waals surface area contributed by atoms with Crippen LogP contribution < -0.4 is 11.2 Å². The minimum Gasteiger partial charge on any atom is -0.383 e. The summed E-state index contributed by atoms with van der Waals surface area (Å²) in [4.78, 5) is 18.7. The first-order valence-electron chi connectivity index (χ1n) is 11.2. The maximum absolute atomic E-state index is 13.3. The maximum atomic E-state index is 13.3. The van der Waals surface area contributed by atoms with Gasteiger partial charge in [-0.3, -0.25) is 25.2 Å². The second-order valence-electron chi connectivity index (χ2n) is 9.29. The molecule has 0 saturated heterocycles. The highest BCUT2D eigenvalue weighted by Crippen LogP contribution is 2.35. The summed E-state index contributed by atoms with van der Waals surface area (Å²) in [6, 6.07) is 14.0. The summed E-state index contributed by atoms with van der Waals surface area (Å²) in [6.07, 6.45) is -1.46. The van der Waals surface area contributed by atoms with Gasteiger partial charge in [-0.2, -0.15) is 18.4 Å². The number of hydrogen-bond donors (Lipinski definition) is 3. The largest absolute Gasteiger partial charge is 0.419 e. The van der Waals surface area contributed by atoms with Gasteiger partial charge in [-0.05, 0) is 44.5 Å². The van der Waals surface area contributed by atoms with E-state index in [1.165, 1.54) is 17.0 Å². The lowest BCUT2D eigenvalue weighted by Crippen LogP contribution is -2.28. The number of benzene rings is 2. The molecule has 0 saturated carbocycles. The van der Waals surface area contributed by atoms with Gasteiger partial charge in [0, 0.05) is 28.3 Å². The number of aldehydes is 1. The first-order chi connectivity index (χ1) is 17.7. The van der Waals surface area contributed by atoms with E-state index in [9.17, 15) is 18.0 Å². The molecular formula is C27H24F3N7O. The Balaban J connectivity index is 0.000000599. The average Bonchev–Trinajstić information content (AvgIpc) is 2.87. The Morgan fingerprint density at radius 3 is 2.21 bits per heavy atom. The molecule has 2 aromatic carbocycles. The lowest BCUT2D eigenvalue weighted by molar-refractivity contribution is -0.137. The van der Waals surface area contributed by atoms with E-state index in [0.29, 0.717) is 34.0 Å². The number of pyridine rings is 1. The van der Waals surface area contributed by atoms with E-state index < -0.39 is 17.6 Å². The van der Waals surface area contributed by atoms with E-state index in [2.05, 4.69) is 16.0 Å². The van der Waals surface area contributed by atoms with Gasteiger partial charge in [0.15, 0.2) is 0 Å². The Labute approximate surface area is 216 Å². The average molecular weight is 520 g/mol. The maximum Gasteiger partial charge on any atom is 0.419 e. The number of halogens is 3. The van der Waals surface area contributed by atoms with Crippen molar-refractivity contribution >= 4 is 29.0 Å². The zero-order chi connectivity index (χ0) is 28.3. The van der Waals surface area contributed by atoms with Gasteiger partial charge in [-0.25, -0.2) is 4.98 Å². The van der Waals surface area contributed by atoms with E-state index in [0.717, 1.165) is 6.07 Å². The third-order valence-corrected chi connectivity index (χ3v) is 5.22. The van der Waals surface area contributed by atoms with Gasteiger partial charge >= 0.3 is 6.18 Å². The van der Waals surface area contributed by atoms with Crippen LogP contribution in [0, 0.1) is 27.6 Å². The first-order valence-corrected chi connectivity index (χ1v) is 11.2. The molecule has 0 amide bonds. The standard InChI is InChI=1S/C22H15F3N6O.C5H9N/c23-22(24,25)16-7-15(9-30-20(16)27)14-5-6-17-18(8-14)31(19(26)10-29-17)21(28)13-3-1-12(11-32)2-4-13;1-5(2,3)4-6/h1-11,26,28H,(H2,27,30);1-3H3. The van der Waals surface area contributed by atoms with E-state index in [1.54, 1.807) is 42.5 Å². The van der Waals surface area contributed by atoms with Gasteiger partial charge in [0.25, 0.3) is 0 Å². The molecule has 8 nitrogen and oxygen atoms in total. The molecule has 0 radical (unpaired) electrons. The fourth-order valence-electron chi connectivity index (χ4n) is 3.26. The molecule has 4 aromatic rings. The number of nitriles is 1. The zero-order valence-corrected chi connectivity index (χ0v) is 20.8.